The van der Waals surface area contributed by atoms with Crippen LogP contribution in [-0.4, -0.2) is 6.54 Å². The summed E-state index contributed by atoms with van der Waals surface area (Å²) in [6, 6.07) is 13.4. The highest BCUT2D eigenvalue weighted by Gasteiger charge is 2.06. The van der Waals surface area contributed by atoms with E-state index in [1.54, 1.807) is 6.07 Å². The van der Waals surface area contributed by atoms with Gasteiger partial charge in [-0.3, -0.25) is 0 Å². The van der Waals surface area contributed by atoms with E-state index < -0.39 is 0 Å². The van der Waals surface area contributed by atoms with Gasteiger partial charge in [-0.1, -0.05) is 46.6 Å². The molecule has 1 N–H and O–H groups in total. The maximum Gasteiger partial charge on any atom is 0.133 e. The van der Waals surface area contributed by atoms with Gasteiger partial charge in [-0.2, -0.15) is 0 Å². The van der Waals surface area contributed by atoms with Crippen LogP contribution < -0.4 is 10.1 Å². The second kappa shape index (κ2) is 6.94. The van der Waals surface area contributed by atoms with Crippen molar-refractivity contribution in [3.8, 4) is 11.5 Å². The van der Waals surface area contributed by atoms with Crippen molar-refractivity contribution in [1.82, 2.24) is 5.32 Å². The summed E-state index contributed by atoms with van der Waals surface area (Å²) in [5, 5.41) is 3.97. The fourth-order valence-electron chi connectivity index (χ4n) is 1.69. The van der Waals surface area contributed by atoms with Crippen LogP contribution in [0, 0.1) is 0 Å². The van der Waals surface area contributed by atoms with Crippen LogP contribution in [0.15, 0.2) is 46.9 Å². The first-order chi connectivity index (χ1) is 9.19. The van der Waals surface area contributed by atoms with Crippen molar-refractivity contribution in [3.63, 3.8) is 0 Å². The Morgan fingerprint density at radius 1 is 1.21 bits per heavy atom. The second-order valence-electron chi connectivity index (χ2n) is 4.09. The standard InChI is InChI=1S/C15H15BrClNO/c1-2-18-10-11-6-7-12(16)8-15(11)19-14-5-3-4-13(17)9-14/h3-9,18H,2,10H2,1H3. The van der Waals surface area contributed by atoms with Crippen LogP contribution in [0.3, 0.4) is 0 Å². The normalized spacial score (nSPS) is 10.5. The molecule has 0 radical (unpaired) electrons. The van der Waals surface area contributed by atoms with Crippen molar-refractivity contribution in [3.05, 3.63) is 57.5 Å². The highest BCUT2D eigenvalue weighted by Crippen LogP contribution is 2.29. The summed E-state index contributed by atoms with van der Waals surface area (Å²) in [5.41, 5.74) is 1.12. The van der Waals surface area contributed by atoms with Crippen molar-refractivity contribution in [2.45, 2.75) is 13.5 Å². The average Bonchev–Trinajstić information content (AvgIpc) is 2.38. The fraction of sp³-hybridized carbons (Fsp3) is 0.200. The molecule has 0 saturated carbocycles. The predicted octanol–water partition coefficient (Wildman–Crippen LogP) is 5.00. The lowest BCUT2D eigenvalue weighted by Crippen LogP contribution is -2.12. The van der Waals surface area contributed by atoms with E-state index in [0.717, 1.165) is 34.6 Å². The molecular weight excluding hydrogens is 326 g/mol. The van der Waals surface area contributed by atoms with E-state index in [1.165, 1.54) is 0 Å². The maximum absolute atomic E-state index is 5.96. The topological polar surface area (TPSA) is 21.3 Å². The van der Waals surface area contributed by atoms with E-state index in [2.05, 4.69) is 28.2 Å². The van der Waals surface area contributed by atoms with E-state index in [4.69, 9.17) is 16.3 Å². The van der Waals surface area contributed by atoms with Crippen molar-refractivity contribution in [1.29, 1.82) is 0 Å². The largest absolute Gasteiger partial charge is 0.457 e. The molecular formula is C15H15BrClNO. The zero-order chi connectivity index (χ0) is 13.7. The van der Waals surface area contributed by atoms with Crippen molar-refractivity contribution < 1.29 is 4.74 Å². The fourth-order valence-corrected chi connectivity index (χ4v) is 2.21. The van der Waals surface area contributed by atoms with Gasteiger partial charge >= 0.3 is 0 Å². The molecule has 0 aliphatic carbocycles. The van der Waals surface area contributed by atoms with Crippen LogP contribution in [-0.2, 0) is 6.54 Å². The molecule has 0 spiro atoms. The third kappa shape index (κ3) is 4.23. The Morgan fingerprint density at radius 2 is 2.05 bits per heavy atom. The molecule has 0 bridgehead atoms. The summed E-state index contributed by atoms with van der Waals surface area (Å²) >= 11 is 9.43. The summed E-state index contributed by atoms with van der Waals surface area (Å²) in [7, 11) is 0. The molecule has 100 valence electrons. The molecule has 0 aliphatic rings. The van der Waals surface area contributed by atoms with Gasteiger partial charge in [-0.25, -0.2) is 0 Å². The highest BCUT2D eigenvalue weighted by atomic mass is 79.9. The molecule has 2 aromatic carbocycles. The smallest absolute Gasteiger partial charge is 0.133 e. The minimum Gasteiger partial charge on any atom is -0.457 e. The summed E-state index contributed by atoms with van der Waals surface area (Å²) in [6.45, 7) is 3.78. The number of ether oxygens (including phenoxy) is 1. The monoisotopic (exact) mass is 339 g/mol. The zero-order valence-electron chi connectivity index (χ0n) is 10.6. The molecule has 2 rings (SSSR count). The summed E-state index contributed by atoms with van der Waals surface area (Å²) in [4.78, 5) is 0. The molecule has 0 heterocycles. The molecule has 0 fully saturated rings. The van der Waals surface area contributed by atoms with Gasteiger partial charge in [-0.05, 0) is 36.9 Å². The number of hydrogen-bond acceptors (Lipinski definition) is 2. The Morgan fingerprint density at radius 3 is 2.79 bits per heavy atom. The molecule has 2 aromatic rings. The summed E-state index contributed by atoms with van der Waals surface area (Å²) < 4.78 is 6.90. The van der Waals surface area contributed by atoms with Gasteiger partial charge < -0.3 is 10.1 Å². The van der Waals surface area contributed by atoms with Gasteiger partial charge in [0, 0.05) is 21.6 Å². The van der Waals surface area contributed by atoms with Crippen LogP contribution in [0.25, 0.3) is 0 Å². The molecule has 0 aliphatic heterocycles. The zero-order valence-corrected chi connectivity index (χ0v) is 13.0. The number of benzene rings is 2. The minimum absolute atomic E-state index is 0.667. The van der Waals surface area contributed by atoms with E-state index >= 15 is 0 Å². The van der Waals surface area contributed by atoms with Crippen LogP contribution >= 0.6 is 27.5 Å². The van der Waals surface area contributed by atoms with Crippen molar-refractivity contribution in [2.24, 2.45) is 0 Å². The summed E-state index contributed by atoms with van der Waals surface area (Å²) in [5.74, 6) is 1.57. The van der Waals surface area contributed by atoms with Crippen LogP contribution in [0.5, 0.6) is 11.5 Å². The lowest BCUT2D eigenvalue weighted by molar-refractivity contribution is 0.473. The van der Waals surface area contributed by atoms with Crippen molar-refractivity contribution in [2.75, 3.05) is 6.54 Å². The quantitative estimate of drug-likeness (QED) is 0.826. The Hall–Kier alpha value is -1.03. The number of hydrogen-bond donors (Lipinski definition) is 1. The molecule has 0 amide bonds. The van der Waals surface area contributed by atoms with Crippen LogP contribution in [0.2, 0.25) is 5.02 Å². The van der Waals surface area contributed by atoms with Gasteiger partial charge in [-0.15, -0.1) is 0 Å². The van der Waals surface area contributed by atoms with E-state index in [1.807, 2.05) is 36.4 Å². The van der Waals surface area contributed by atoms with E-state index in [0.29, 0.717) is 5.02 Å². The first kappa shape index (κ1) is 14.4. The Labute approximate surface area is 126 Å². The molecule has 19 heavy (non-hydrogen) atoms. The van der Waals surface area contributed by atoms with Gasteiger partial charge in [0.15, 0.2) is 0 Å². The third-order valence-electron chi connectivity index (χ3n) is 2.62. The number of halogens is 2. The van der Waals surface area contributed by atoms with Gasteiger partial charge in [0.25, 0.3) is 0 Å². The minimum atomic E-state index is 0.667. The first-order valence-corrected chi connectivity index (χ1v) is 7.28. The Balaban J connectivity index is 2.24. The van der Waals surface area contributed by atoms with Crippen molar-refractivity contribution >= 4 is 27.5 Å². The molecule has 0 atom stereocenters. The van der Waals surface area contributed by atoms with Gasteiger partial charge in [0.05, 0.1) is 0 Å². The number of rotatable bonds is 5. The molecule has 0 aromatic heterocycles. The molecule has 0 unspecified atom stereocenters. The maximum atomic E-state index is 5.96. The Kier molecular flexibility index (Phi) is 5.25. The number of nitrogens with one attached hydrogen (secondary N) is 1. The molecule has 0 saturated heterocycles. The van der Waals surface area contributed by atoms with Crippen LogP contribution in [0.1, 0.15) is 12.5 Å². The average molecular weight is 341 g/mol. The van der Waals surface area contributed by atoms with E-state index in [9.17, 15) is 0 Å². The SMILES string of the molecule is CCNCc1ccc(Br)cc1Oc1cccc(Cl)c1. The lowest BCUT2D eigenvalue weighted by Gasteiger charge is -2.12. The third-order valence-corrected chi connectivity index (χ3v) is 3.35. The summed E-state index contributed by atoms with van der Waals surface area (Å²) in [6.07, 6.45) is 0. The lowest BCUT2D eigenvalue weighted by atomic mass is 10.2. The first-order valence-electron chi connectivity index (χ1n) is 6.11. The van der Waals surface area contributed by atoms with Crippen LogP contribution in [0.4, 0.5) is 0 Å². The second-order valence-corrected chi connectivity index (χ2v) is 5.44. The van der Waals surface area contributed by atoms with E-state index in [-0.39, 0.29) is 0 Å². The Bertz CT molecular complexity index is 560. The molecule has 2 nitrogen and oxygen atoms in total. The highest BCUT2D eigenvalue weighted by molar-refractivity contribution is 9.10. The molecule has 4 heteroatoms. The van der Waals surface area contributed by atoms with Gasteiger partial charge in [0.1, 0.15) is 11.5 Å². The predicted molar refractivity (Wildman–Crippen MR) is 83.0 cm³/mol. The van der Waals surface area contributed by atoms with Gasteiger partial charge in [0.2, 0.25) is 0 Å².